The van der Waals surface area contributed by atoms with Gasteiger partial charge in [0.15, 0.2) is 0 Å². The molecule has 0 radical (unpaired) electrons. The van der Waals surface area contributed by atoms with Crippen molar-refractivity contribution in [3.63, 3.8) is 0 Å². The van der Waals surface area contributed by atoms with Gasteiger partial charge >= 0.3 is 5.91 Å². The van der Waals surface area contributed by atoms with E-state index in [1.807, 2.05) is 25.1 Å². The molecule has 0 atom stereocenters. The van der Waals surface area contributed by atoms with Crippen molar-refractivity contribution in [1.29, 1.82) is 0 Å². The molecule has 7 heteroatoms. The van der Waals surface area contributed by atoms with E-state index in [1.54, 1.807) is 16.8 Å². The summed E-state index contributed by atoms with van der Waals surface area (Å²) in [6.45, 7) is 3.90. The van der Waals surface area contributed by atoms with Gasteiger partial charge in [0.25, 0.3) is 5.91 Å². The molecule has 170 valence electrons. The molecule has 5 rings (SSSR count). The van der Waals surface area contributed by atoms with Crippen molar-refractivity contribution in [2.75, 3.05) is 25.2 Å². The maximum atomic E-state index is 13.6. The average molecular weight is 508 g/mol. The molecule has 0 spiro atoms. The topological polar surface area (TPSA) is 62.7 Å². The van der Waals surface area contributed by atoms with Crippen molar-refractivity contribution in [2.45, 2.75) is 45.1 Å². The van der Waals surface area contributed by atoms with E-state index >= 15 is 0 Å². The summed E-state index contributed by atoms with van der Waals surface area (Å²) in [5.74, 6) is 6.62. The summed E-state index contributed by atoms with van der Waals surface area (Å²) < 4.78 is 6.43. The third-order valence-electron chi connectivity index (χ3n) is 6.52. The molecule has 1 aliphatic carbocycles. The van der Waals surface area contributed by atoms with Crippen LogP contribution in [0.3, 0.4) is 0 Å². The first-order chi connectivity index (χ1) is 15.9. The molecule has 0 N–H and O–H groups in total. The number of hydrogen-bond donors (Lipinski definition) is 0. The second-order valence-electron chi connectivity index (χ2n) is 9.07. The highest BCUT2D eigenvalue weighted by Gasteiger charge is 2.33. The number of aromatic nitrogens is 1. The first kappa shape index (κ1) is 22.1. The SMILES string of the molecule is Cc1cc(N(C(=O)C#CC2CCOCC2)c2ccc3c(n2)C(=O)N(C)C3)c(C2CC2)cc1Br. The Morgan fingerprint density at radius 2 is 1.97 bits per heavy atom. The average Bonchev–Trinajstić information content (AvgIpc) is 3.62. The Morgan fingerprint density at radius 3 is 2.70 bits per heavy atom. The Labute approximate surface area is 202 Å². The van der Waals surface area contributed by atoms with Gasteiger partial charge in [-0.25, -0.2) is 4.98 Å². The Hall–Kier alpha value is -2.69. The second kappa shape index (κ2) is 8.92. The number of hydrogen-bond acceptors (Lipinski definition) is 4. The highest BCUT2D eigenvalue weighted by Crippen LogP contribution is 2.47. The molecule has 3 aliphatic rings. The molecule has 1 aromatic carbocycles. The Morgan fingerprint density at radius 1 is 1.21 bits per heavy atom. The highest BCUT2D eigenvalue weighted by molar-refractivity contribution is 9.10. The van der Waals surface area contributed by atoms with Crippen LogP contribution in [-0.4, -0.2) is 42.0 Å². The Kier molecular flexibility index (Phi) is 5.98. The molecule has 2 fully saturated rings. The zero-order valence-electron chi connectivity index (χ0n) is 18.9. The third-order valence-corrected chi connectivity index (χ3v) is 7.38. The standard InChI is InChI=1S/C26H26BrN3O3/c1-16-13-22(20(14-21(16)27)18-4-5-18)30(24(31)8-3-17-9-11-33-12-10-17)23-7-6-19-15-29(2)26(32)25(19)28-23/h6-7,13-14,17-18H,4-5,9-12,15H2,1-2H3. The fourth-order valence-corrected chi connectivity index (χ4v) is 4.78. The summed E-state index contributed by atoms with van der Waals surface area (Å²) in [6.07, 6.45) is 3.87. The quantitative estimate of drug-likeness (QED) is 0.564. The molecule has 2 aromatic rings. The minimum absolute atomic E-state index is 0.123. The van der Waals surface area contributed by atoms with Gasteiger partial charge in [-0.15, -0.1) is 0 Å². The predicted octanol–water partition coefficient (Wildman–Crippen LogP) is 4.71. The van der Waals surface area contributed by atoms with Gasteiger partial charge in [0.2, 0.25) is 0 Å². The molecule has 6 nitrogen and oxygen atoms in total. The molecular formula is C26H26BrN3O3. The van der Waals surface area contributed by atoms with Crippen LogP contribution in [-0.2, 0) is 16.1 Å². The van der Waals surface area contributed by atoms with Crippen molar-refractivity contribution < 1.29 is 14.3 Å². The number of carbonyl (C=O) groups is 2. The summed E-state index contributed by atoms with van der Waals surface area (Å²) in [7, 11) is 1.76. The number of rotatable bonds is 3. The maximum Gasteiger partial charge on any atom is 0.308 e. The predicted molar refractivity (Wildman–Crippen MR) is 129 cm³/mol. The van der Waals surface area contributed by atoms with Crippen LogP contribution in [0.15, 0.2) is 28.7 Å². The van der Waals surface area contributed by atoms with Gasteiger partial charge in [0.05, 0.1) is 5.69 Å². The maximum absolute atomic E-state index is 13.6. The molecule has 2 aliphatic heterocycles. The molecule has 1 saturated heterocycles. The van der Waals surface area contributed by atoms with Gasteiger partial charge in [-0.2, -0.15) is 0 Å². The van der Waals surface area contributed by atoms with E-state index in [1.165, 1.54) is 0 Å². The first-order valence-electron chi connectivity index (χ1n) is 11.4. The summed E-state index contributed by atoms with van der Waals surface area (Å²) in [5.41, 5.74) is 4.23. The van der Waals surface area contributed by atoms with E-state index in [-0.39, 0.29) is 17.7 Å². The van der Waals surface area contributed by atoms with Crippen LogP contribution < -0.4 is 4.90 Å². The van der Waals surface area contributed by atoms with Gasteiger partial charge < -0.3 is 9.64 Å². The van der Waals surface area contributed by atoms with Gasteiger partial charge in [-0.05, 0) is 73.8 Å². The number of anilines is 2. The van der Waals surface area contributed by atoms with Crippen LogP contribution in [0.2, 0.25) is 0 Å². The number of fused-ring (bicyclic) bond motifs is 1. The molecule has 1 saturated carbocycles. The van der Waals surface area contributed by atoms with Crippen LogP contribution in [0.5, 0.6) is 0 Å². The fourth-order valence-electron chi connectivity index (χ4n) is 4.42. The number of benzene rings is 1. The van der Waals surface area contributed by atoms with E-state index < -0.39 is 0 Å². The van der Waals surface area contributed by atoms with Gasteiger partial charge in [-0.3, -0.25) is 14.5 Å². The van der Waals surface area contributed by atoms with E-state index in [9.17, 15) is 9.59 Å². The molecule has 33 heavy (non-hydrogen) atoms. The summed E-state index contributed by atoms with van der Waals surface area (Å²) >= 11 is 3.65. The number of nitrogens with zero attached hydrogens (tertiary/aromatic N) is 3. The van der Waals surface area contributed by atoms with E-state index in [0.717, 1.165) is 52.5 Å². The van der Waals surface area contributed by atoms with Gasteiger partial charge in [0, 0.05) is 42.8 Å². The number of carbonyl (C=O) groups excluding carboxylic acids is 2. The summed E-state index contributed by atoms with van der Waals surface area (Å²) in [5, 5.41) is 0. The number of amides is 2. The first-order valence-corrected chi connectivity index (χ1v) is 12.2. The fraction of sp³-hybridized carbons (Fsp3) is 0.423. The smallest absolute Gasteiger partial charge is 0.308 e. The molecule has 0 bridgehead atoms. The number of aryl methyl sites for hydroxylation is 1. The van der Waals surface area contributed by atoms with Crippen LogP contribution in [0, 0.1) is 24.7 Å². The van der Waals surface area contributed by atoms with Crippen LogP contribution >= 0.6 is 15.9 Å². The monoisotopic (exact) mass is 507 g/mol. The molecule has 2 amide bonds. The molecule has 3 heterocycles. The summed E-state index contributed by atoms with van der Waals surface area (Å²) in [4.78, 5) is 34.1. The van der Waals surface area contributed by atoms with Crippen LogP contribution in [0.25, 0.3) is 0 Å². The minimum Gasteiger partial charge on any atom is -0.381 e. The highest BCUT2D eigenvalue weighted by atomic mass is 79.9. The number of pyridine rings is 1. The zero-order chi connectivity index (χ0) is 23.1. The van der Waals surface area contributed by atoms with Gasteiger partial charge in [0.1, 0.15) is 11.5 Å². The van der Waals surface area contributed by atoms with E-state index in [0.29, 0.717) is 37.2 Å². The lowest BCUT2D eigenvalue weighted by Crippen LogP contribution is -2.27. The van der Waals surface area contributed by atoms with E-state index in [4.69, 9.17) is 4.74 Å². The normalized spacial score (nSPS) is 18.0. The Bertz CT molecular complexity index is 1190. The lowest BCUT2D eigenvalue weighted by Gasteiger charge is -2.24. The summed E-state index contributed by atoms with van der Waals surface area (Å²) in [6, 6.07) is 7.86. The zero-order valence-corrected chi connectivity index (χ0v) is 20.4. The third kappa shape index (κ3) is 4.42. The van der Waals surface area contributed by atoms with Gasteiger partial charge in [-0.1, -0.05) is 27.9 Å². The van der Waals surface area contributed by atoms with Crippen molar-refractivity contribution in [2.24, 2.45) is 5.92 Å². The van der Waals surface area contributed by atoms with Crippen LogP contribution in [0.1, 0.15) is 58.8 Å². The lowest BCUT2D eigenvalue weighted by molar-refractivity contribution is -0.112. The van der Waals surface area contributed by atoms with Crippen molar-refractivity contribution >= 4 is 39.2 Å². The lowest BCUT2D eigenvalue weighted by atomic mass is 10.0. The van der Waals surface area contributed by atoms with Crippen molar-refractivity contribution in [3.05, 3.63) is 51.1 Å². The van der Waals surface area contributed by atoms with E-state index in [2.05, 4.69) is 38.8 Å². The minimum atomic E-state index is -0.323. The molecular weight excluding hydrogens is 482 g/mol. The van der Waals surface area contributed by atoms with Crippen LogP contribution in [0.4, 0.5) is 11.5 Å². The number of ether oxygens (including phenoxy) is 1. The Balaban J connectivity index is 1.60. The number of halogens is 1. The second-order valence-corrected chi connectivity index (χ2v) is 9.92. The molecule has 1 aromatic heterocycles. The largest absolute Gasteiger partial charge is 0.381 e. The van der Waals surface area contributed by atoms with Crippen molar-refractivity contribution in [3.8, 4) is 11.8 Å². The van der Waals surface area contributed by atoms with Crippen molar-refractivity contribution in [1.82, 2.24) is 9.88 Å². The molecule has 0 unspecified atom stereocenters.